The van der Waals surface area contributed by atoms with Gasteiger partial charge in [-0.3, -0.25) is 4.79 Å². The summed E-state index contributed by atoms with van der Waals surface area (Å²) >= 11 is 9.42. The van der Waals surface area contributed by atoms with Crippen LogP contribution in [0.3, 0.4) is 0 Å². The molecule has 11 heavy (non-hydrogen) atoms. The lowest BCUT2D eigenvalue weighted by atomic mass is 10.2. The lowest BCUT2D eigenvalue weighted by Gasteiger charge is -1.98. The summed E-state index contributed by atoms with van der Waals surface area (Å²) in [6.07, 6.45) is 0. The molecule has 0 aromatic heterocycles. The highest BCUT2D eigenvalue weighted by Crippen LogP contribution is 2.18. The lowest BCUT2D eigenvalue weighted by Crippen LogP contribution is -1.89. The molecular formula is C8H7ClOS. The minimum absolute atomic E-state index is 0.296. The van der Waals surface area contributed by atoms with Crippen LogP contribution in [0.25, 0.3) is 0 Å². The van der Waals surface area contributed by atoms with E-state index in [1.807, 2.05) is 13.0 Å². The molecule has 0 saturated carbocycles. The van der Waals surface area contributed by atoms with Gasteiger partial charge in [-0.2, -0.15) is 0 Å². The number of halogens is 1. The molecule has 1 aromatic carbocycles. The summed E-state index contributed by atoms with van der Waals surface area (Å²) in [6.45, 7) is 1.92. The highest BCUT2D eigenvalue weighted by molar-refractivity contribution is 7.97. The lowest BCUT2D eigenvalue weighted by molar-refractivity contribution is 0.109. The van der Waals surface area contributed by atoms with E-state index in [0.29, 0.717) is 10.6 Å². The van der Waals surface area contributed by atoms with Crippen molar-refractivity contribution in [2.24, 2.45) is 0 Å². The van der Waals surface area contributed by atoms with E-state index < -0.39 is 0 Å². The van der Waals surface area contributed by atoms with E-state index in [1.165, 1.54) is 0 Å². The second-order valence-electron chi connectivity index (χ2n) is 2.29. The fraction of sp³-hybridized carbons (Fsp3) is 0.125. The standard InChI is InChI=1S/C8H7ClOS/c1-5-2-3-6(8(10)11)7(9)4-5/h2-4H,1H3,(H,10,11). The molecule has 0 aliphatic carbocycles. The molecule has 0 spiro atoms. The largest absolute Gasteiger partial charge is 0.282 e. The van der Waals surface area contributed by atoms with Crippen LogP contribution in [0.2, 0.25) is 5.02 Å². The van der Waals surface area contributed by atoms with Crippen LogP contribution in [0.15, 0.2) is 18.2 Å². The first-order valence-corrected chi connectivity index (χ1v) is 3.93. The average molecular weight is 187 g/mol. The summed E-state index contributed by atoms with van der Waals surface area (Å²) < 4.78 is 0. The summed E-state index contributed by atoms with van der Waals surface area (Å²) in [5, 5.41) is 0.167. The highest BCUT2D eigenvalue weighted by Gasteiger charge is 2.04. The fourth-order valence-corrected chi connectivity index (χ4v) is 1.38. The number of thiol groups is 1. The van der Waals surface area contributed by atoms with Crippen molar-refractivity contribution < 1.29 is 4.79 Å². The molecule has 0 amide bonds. The van der Waals surface area contributed by atoms with Crippen LogP contribution in [0.1, 0.15) is 15.9 Å². The van der Waals surface area contributed by atoms with Gasteiger partial charge in [0, 0.05) is 5.56 Å². The quantitative estimate of drug-likeness (QED) is 0.668. The van der Waals surface area contributed by atoms with Crippen LogP contribution in [-0.4, -0.2) is 5.12 Å². The summed E-state index contributed by atoms with van der Waals surface area (Å²) in [7, 11) is 0. The monoisotopic (exact) mass is 186 g/mol. The van der Waals surface area contributed by atoms with Crippen LogP contribution < -0.4 is 0 Å². The third-order valence-corrected chi connectivity index (χ3v) is 1.91. The predicted molar refractivity (Wildman–Crippen MR) is 49.5 cm³/mol. The van der Waals surface area contributed by atoms with Crippen LogP contribution in [-0.2, 0) is 0 Å². The van der Waals surface area contributed by atoms with Crippen molar-refractivity contribution in [3.8, 4) is 0 Å². The van der Waals surface area contributed by atoms with E-state index in [4.69, 9.17) is 11.6 Å². The van der Waals surface area contributed by atoms with E-state index in [2.05, 4.69) is 12.6 Å². The normalized spacial score (nSPS) is 9.73. The molecule has 0 fully saturated rings. The molecule has 0 aliphatic rings. The van der Waals surface area contributed by atoms with Gasteiger partial charge in [0.15, 0.2) is 0 Å². The van der Waals surface area contributed by atoms with Gasteiger partial charge in [0.05, 0.1) is 5.02 Å². The molecule has 1 aromatic rings. The highest BCUT2D eigenvalue weighted by atomic mass is 35.5. The minimum Gasteiger partial charge on any atom is -0.282 e. The number of carbonyl (C=O) groups excluding carboxylic acids is 1. The van der Waals surface area contributed by atoms with Gasteiger partial charge in [0.25, 0.3) is 0 Å². The predicted octanol–water partition coefficient (Wildman–Crippen LogP) is 2.72. The van der Waals surface area contributed by atoms with Gasteiger partial charge in [-0.1, -0.05) is 17.7 Å². The number of carbonyl (C=O) groups is 1. The Balaban J connectivity index is 3.20. The molecule has 0 radical (unpaired) electrons. The van der Waals surface area contributed by atoms with Crippen molar-refractivity contribution in [2.45, 2.75) is 6.92 Å². The Morgan fingerprint density at radius 1 is 1.55 bits per heavy atom. The second-order valence-corrected chi connectivity index (χ2v) is 3.10. The molecule has 0 atom stereocenters. The summed E-state index contributed by atoms with van der Waals surface area (Å²) in [5.74, 6) is 0. The minimum atomic E-state index is -0.296. The van der Waals surface area contributed by atoms with Crippen LogP contribution >= 0.6 is 24.2 Å². The zero-order chi connectivity index (χ0) is 8.43. The first-order valence-electron chi connectivity index (χ1n) is 3.10. The molecule has 0 unspecified atom stereocenters. The first kappa shape index (κ1) is 8.62. The van der Waals surface area contributed by atoms with Crippen molar-refractivity contribution in [3.05, 3.63) is 34.3 Å². The first-order chi connectivity index (χ1) is 5.11. The average Bonchev–Trinajstić information content (AvgIpc) is 1.85. The molecule has 0 N–H and O–H groups in total. The molecular weight excluding hydrogens is 180 g/mol. The fourth-order valence-electron chi connectivity index (χ4n) is 0.794. The Kier molecular flexibility index (Phi) is 2.58. The van der Waals surface area contributed by atoms with Crippen molar-refractivity contribution >= 4 is 29.3 Å². The molecule has 0 bridgehead atoms. The van der Waals surface area contributed by atoms with E-state index in [0.717, 1.165) is 5.56 Å². The molecule has 3 heteroatoms. The van der Waals surface area contributed by atoms with Crippen molar-refractivity contribution in [1.29, 1.82) is 0 Å². The number of hydrogen-bond acceptors (Lipinski definition) is 1. The number of rotatable bonds is 1. The van der Waals surface area contributed by atoms with Gasteiger partial charge >= 0.3 is 0 Å². The number of benzene rings is 1. The Labute approximate surface area is 75.8 Å². The molecule has 0 heterocycles. The Morgan fingerprint density at radius 3 is 2.64 bits per heavy atom. The summed E-state index contributed by atoms with van der Waals surface area (Å²) in [5.41, 5.74) is 1.49. The Bertz CT molecular complexity index is 296. The van der Waals surface area contributed by atoms with E-state index in [1.54, 1.807) is 12.1 Å². The summed E-state index contributed by atoms with van der Waals surface area (Å²) in [6, 6.07) is 5.24. The topological polar surface area (TPSA) is 17.1 Å². The third kappa shape index (κ3) is 1.98. The van der Waals surface area contributed by atoms with E-state index in [9.17, 15) is 4.79 Å². The van der Waals surface area contributed by atoms with Gasteiger partial charge in [-0.15, -0.1) is 12.6 Å². The Morgan fingerprint density at radius 2 is 2.18 bits per heavy atom. The van der Waals surface area contributed by atoms with Gasteiger partial charge < -0.3 is 0 Å². The van der Waals surface area contributed by atoms with Gasteiger partial charge in [-0.25, -0.2) is 0 Å². The van der Waals surface area contributed by atoms with Crippen molar-refractivity contribution in [1.82, 2.24) is 0 Å². The maximum Gasteiger partial charge on any atom is 0.217 e. The van der Waals surface area contributed by atoms with Crippen molar-refractivity contribution in [2.75, 3.05) is 0 Å². The maximum absolute atomic E-state index is 10.8. The SMILES string of the molecule is Cc1ccc(C(=O)S)c(Cl)c1. The molecule has 1 rings (SSSR count). The van der Waals surface area contributed by atoms with Crippen LogP contribution in [0, 0.1) is 6.92 Å². The van der Waals surface area contributed by atoms with Crippen LogP contribution in [0.5, 0.6) is 0 Å². The van der Waals surface area contributed by atoms with E-state index in [-0.39, 0.29) is 5.12 Å². The van der Waals surface area contributed by atoms with Crippen LogP contribution in [0.4, 0.5) is 0 Å². The molecule has 1 nitrogen and oxygen atoms in total. The molecule has 0 aliphatic heterocycles. The second kappa shape index (κ2) is 3.28. The third-order valence-electron chi connectivity index (χ3n) is 1.35. The summed E-state index contributed by atoms with van der Waals surface area (Å²) in [4.78, 5) is 10.8. The Hall–Kier alpha value is -0.470. The zero-order valence-corrected chi connectivity index (χ0v) is 7.62. The van der Waals surface area contributed by atoms with Gasteiger partial charge in [-0.05, 0) is 24.6 Å². The van der Waals surface area contributed by atoms with E-state index >= 15 is 0 Å². The maximum atomic E-state index is 10.8. The number of hydrogen-bond donors (Lipinski definition) is 1. The molecule has 58 valence electrons. The van der Waals surface area contributed by atoms with Gasteiger partial charge in [0.2, 0.25) is 5.12 Å². The van der Waals surface area contributed by atoms with Gasteiger partial charge in [0.1, 0.15) is 0 Å². The van der Waals surface area contributed by atoms with Crippen molar-refractivity contribution in [3.63, 3.8) is 0 Å². The zero-order valence-electron chi connectivity index (χ0n) is 5.97. The number of aryl methyl sites for hydroxylation is 1. The molecule has 0 saturated heterocycles. The smallest absolute Gasteiger partial charge is 0.217 e.